The van der Waals surface area contributed by atoms with Gasteiger partial charge >= 0.3 is 0 Å². The number of hydrogen-bond acceptors (Lipinski definition) is 5. The maximum Gasteiger partial charge on any atom is 0.210 e. The Balaban J connectivity index is 1.91. The second kappa shape index (κ2) is 9.64. The zero-order valence-electron chi connectivity index (χ0n) is 20.7. The van der Waals surface area contributed by atoms with E-state index in [1.54, 1.807) is 62.8 Å². The molecule has 5 aromatic rings. The molecule has 37 heavy (non-hydrogen) atoms. The minimum Gasteiger partial charge on any atom is -0.506 e. The third-order valence-corrected chi connectivity index (χ3v) is 8.34. The van der Waals surface area contributed by atoms with Gasteiger partial charge in [0.2, 0.25) is 9.84 Å². The molecule has 186 valence electrons. The van der Waals surface area contributed by atoms with Crippen LogP contribution in [0.15, 0.2) is 107 Å². The van der Waals surface area contributed by atoms with Crippen molar-refractivity contribution >= 4 is 20.6 Å². The number of phenols is 1. The van der Waals surface area contributed by atoms with Crippen molar-refractivity contribution < 1.29 is 23.0 Å². The molecule has 0 spiro atoms. The van der Waals surface area contributed by atoms with Gasteiger partial charge in [-0.1, -0.05) is 66.2 Å². The predicted octanol–water partition coefficient (Wildman–Crippen LogP) is 7.04. The summed E-state index contributed by atoms with van der Waals surface area (Å²) in [5, 5.41) is 13.0. The van der Waals surface area contributed by atoms with Crippen molar-refractivity contribution in [3.63, 3.8) is 0 Å². The predicted molar refractivity (Wildman–Crippen MR) is 146 cm³/mol. The van der Waals surface area contributed by atoms with Gasteiger partial charge in [0, 0.05) is 16.5 Å². The van der Waals surface area contributed by atoms with Crippen molar-refractivity contribution in [3.8, 4) is 39.5 Å². The largest absolute Gasteiger partial charge is 0.506 e. The van der Waals surface area contributed by atoms with Gasteiger partial charge in [-0.2, -0.15) is 0 Å². The van der Waals surface area contributed by atoms with Crippen LogP contribution in [-0.2, 0) is 9.84 Å². The van der Waals surface area contributed by atoms with Gasteiger partial charge in [-0.05, 0) is 59.8 Å². The summed E-state index contributed by atoms with van der Waals surface area (Å²) in [6.07, 6.45) is 0. The smallest absolute Gasteiger partial charge is 0.210 e. The van der Waals surface area contributed by atoms with E-state index >= 15 is 0 Å². The molecule has 0 aliphatic rings. The average molecular weight is 511 g/mol. The normalized spacial score (nSPS) is 11.4. The second-order valence-electron chi connectivity index (χ2n) is 8.75. The number of hydrogen-bond donors (Lipinski definition) is 1. The Morgan fingerprint density at radius 1 is 0.622 bits per heavy atom. The summed E-state index contributed by atoms with van der Waals surface area (Å²) >= 11 is 0. The summed E-state index contributed by atoms with van der Waals surface area (Å²) < 4.78 is 38.7. The second-order valence-corrected chi connectivity index (χ2v) is 10.6. The molecule has 0 aliphatic heterocycles. The van der Waals surface area contributed by atoms with E-state index in [-0.39, 0.29) is 15.5 Å². The lowest BCUT2D eigenvalue weighted by Crippen LogP contribution is -2.05. The fraction of sp³-hybridized carbons (Fsp3) is 0.0968. The van der Waals surface area contributed by atoms with Gasteiger partial charge < -0.3 is 14.6 Å². The quantitative estimate of drug-likeness (QED) is 0.265. The van der Waals surface area contributed by atoms with Crippen LogP contribution in [0.5, 0.6) is 17.2 Å². The fourth-order valence-electron chi connectivity index (χ4n) is 4.60. The lowest BCUT2D eigenvalue weighted by atomic mass is 9.89. The molecule has 0 unspecified atom stereocenters. The van der Waals surface area contributed by atoms with E-state index in [1.807, 2.05) is 55.5 Å². The molecule has 0 radical (unpaired) electrons. The first kappa shape index (κ1) is 24.4. The average Bonchev–Trinajstić information content (AvgIpc) is 2.92. The van der Waals surface area contributed by atoms with E-state index in [9.17, 15) is 13.5 Å². The molecule has 1 N–H and O–H groups in total. The molecule has 5 aromatic carbocycles. The van der Waals surface area contributed by atoms with E-state index < -0.39 is 9.84 Å². The molecule has 0 atom stereocenters. The first-order chi connectivity index (χ1) is 17.8. The number of methoxy groups -OCH3 is 2. The van der Waals surface area contributed by atoms with Crippen molar-refractivity contribution in [2.75, 3.05) is 14.2 Å². The molecule has 0 saturated heterocycles. The summed E-state index contributed by atoms with van der Waals surface area (Å²) in [5.41, 5.74) is 3.58. The van der Waals surface area contributed by atoms with Crippen LogP contribution in [0.1, 0.15) is 5.56 Å². The first-order valence-corrected chi connectivity index (χ1v) is 13.2. The summed E-state index contributed by atoms with van der Waals surface area (Å²) in [7, 11) is -0.879. The van der Waals surface area contributed by atoms with Gasteiger partial charge in [-0.25, -0.2) is 8.42 Å². The number of sulfone groups is 1. The molecular weight excluding hydrogens is 484 g/mol. The van der Waals surface area contributed by atoms with Crippen LogP contribution in [0.2, 0.25) is 0 Å². The molecule has 0 heterocycles. The Bertz CT molecular complexity index is 1690. The standard InChI is InChI=1S/C31H26O5S/c1-20-8-18-25(19-9-20)37(33,34)31-27-7-5-4-6-26(27)28(21-10-14-23(35-2)15-11-21)29(30(31)32)22-12-16-24(36-3)17-13-22/h4-19,32H,1-3H3. The van der Waals surface area contributed by atoms with Gasteiger partial charge in [-0.15, -0.1) is 0 Å². The van der Waals surface area contributed by atoms with Crippen LogP contribution in [-0.4, -0.2) is 27.7 Å². The van der Waals surface area contributed by atoms with Gasteiger partial charge in [0.1, 0.15) is 22.1 Å². The zero-order chi connectivity index (χ0) is 26.2. The number of aromatic hydroxyl groups is 1. The lowest BCUT2D eigenvalue weighted by molar-refractivity contribution is 0.414. The Hall–Kier alpha value is -4.29. The highest BCUT2D eigenvalue weighted by Gasteiger charge is 2.30. The van der Waals surface area contributed by atoms with E-state index in [2.05, 4.69) is 0 Å². The van der Waals surface area contributed by atoms with Gasteiger partial charge in [0.05, 0.1) is 19.1 Å². The minimum atomic E-state index is -4.06. The number of ether oxygens (including phenoxy) is 2. The molecule has 0 bridgehead atoms. The molecular formula is C31H26O5S. The molecule has 0 aliphatic carbocycles. The van der Waals surface area contributed by atoms with E-state index in [0.29, 0.717) is 33.4 Å². The van der Waals surface area contributed by atoms with Crippen molar-refractivity contribution in [1.82, 2.24) is 0 Å². The molecule has 0 fully saturated rings. The third kappa shape index (κ3) is 4.30. The van der Waals surface area contributed by atoms with Crippen molar-refractivity contribution in [3.05, 3.63) is 103 Å². The van der Waals surface area contributed by atoms with Gasteiger partial charge in [0.25, 0.3) is 0 Å². The highest BCUT2D eigenvalue weighted by molar-refractivity contribution is 7.91. The first-order valence-electron chi connectivity index (χ1n) is 11.7. The van der Waals surface area contributed by atoms with E-state index in [0.717, 1.165) is 16.7 Å². The van der Waals surface area contributed by atoms with Gasteiger partial charge in [0.15, 0.2) is 0 Å². The lowest BCUT2D eigenvalue weighted by Gasteiger charge is -2.20. The highest BCUT2D eigenvalue weighted by Crippen LogP contribution is 2.49. The number of phenolic OH excluding ortho intramolecular Hbond substituents is 1. The maximum atomic E-state index is 14.0. The Morgan fingerprint density at radius 2 is 1.11 bits per heavy atom. The fourth-order valence-corrected chi connectivity index (χ4v) is 6.15. The van der Waals surface area contributed by atoms with Crippen molar-refractivity contribution in [2.24, 2.45) is 0 Å². The van der Waals surface area contributed by atoms with Crippen molar-refractivity contribution in [2.45, 2.75) is 16.7 Å². The summed E-state index contributed by atoms with van der Waals surface area (Å²) in [5.74, 6) is 1.06. The Morgan fingerprint density at radius 3 is 1.62 bits per heavy atom. The monoisotopic (exact) mass is 510 g/mol. The van der Waals surface area contributed by atoms with Crippen LogP contribution in [0.25, 0.3) is 33.0 Å². The van der Waals surface area contributed by atoms with Crippen LogP contribution in [0.3, 0.4) is 0 Å². The number of aryl methyl sites for hydroxylation is 1. The van der Waals surface area contributed by atoms with E-state index in [4.69, 9.17) is 9.47 Å². The SMILES string of the molecule is COc1ccc(-c2c(O)c(S(=O)(=O)c3ccc(C)cc3)c3ccccc3c2-c2ccc(OC)cc2)cc1. The molecule has 6 heteroatoms. The molecule has 5 nitrogen and oxygen atoms in total. The number of fused-ring (bicyclic) bond motifs is 1. The zero-order valence-corrected chi connectivity index (χ0v) is 21.5. The van der Waals surface area contributed by atoms with Crippen LogP contribution < -0.4 is 9.47 Å². The van der Waals surface area contributed by atoms with Crippen molar-refractivity contribution in [1.29, 1.82) is 0 Å². The van der Waals surface area contributed by atoms with Gasteiger partial charge in [-0.3, -0.25) is 0 Å². The highest BCUT2D eigenvalue weighted by atomic mass is 32.2. The third-order valence-electron chi connectivity index (χ3n) is 6.50. The van der Waals surface area contributed by atoms with Crippen LogP contribution in [0.4, 0.5) is 0 Å². The topological polar surface area (TPSA) is 72.8 Å². The molecule has 0 saturated carbocycles. The summed E-state index contributed by atoms with van der Waals surface area (Å²) in [4.78, 5) is 0.00599. The summed E-state index contributed by atoms with van der Waals surface area (Å²) in [6.45, 7) is 1.90. The molecule has 0 amide bonds. The Kier molecular flexibility index (Phi) is 6.36. The van der Waals surface area contributed by atoms with Crippen LogP contribution >= 0.6 is 0 Å². The van der Waals surface area contributed by atoms with E-state index in [1.165, 1.54) is 0 Å². The molecule has 0 aromatic heterocycles. The maximum absolute atomic E-state index is 14.0. The Labute approximate surface area is 216 Å². The summed E-state index contributed by atoms with van der Waals surface area (Å²) in [6, 6.07) is 28.6. The number of rotatable bonds is 6. The van der Waals surface area contributed by atoms with Crippen LogP contribution in [0, 0.1) is 6.92 Å². The minimum absolute atomic E-state index is 0.116. The molecule has 5 rings (SSSR count). The number of benzene rings is 5.